The summed E-state index contributed by atoms with van der Waals surface area (Å²) in [7, 11) is 0. The maximum absolute atomic E-state index is 12.4. The van der Waals surface area contributed by atoms with Gasteiger partial charge in [0, 0.05) is 52.2 Å². The minimum atomic E-state index is 0.0892. The van der Waals surface area contributed by atoms with E-state index in [1.54, 1.807) is 0 Å². The fourth-order valence-electron chi connectivity index (χ4n) is 3.37. The molecule has 2 amide bonds. The molecule has 2 heterocycles. The number of carbonyl (C=O) groups excluding carboxylic acids is 2. The van der Waals surface area contributed by atoms with Gasteiger partial charge in [0.2, 0.25) is 11.8 Å². The third kappa shape index (κ3) is 6.22. The van der Waals surface area contributed by atoms with Gasteiger partial charge < -0.3 is 19.3 Å². The van der Waals surface area contributed by atoms with Gasteiger partial charge in [-0.1, -0.05) is 18.2 Å². The monoisotopic (exact) mass is 375 g/mol. The van der Waals surface area contributed by atoms with Crippen LogP contribution in [0.2, 0.25) is 0 Å². The first kappa shape index (κ1) is 19.6. The van der Waals surface area contributed by atoms with Crippen LogP contribution in [-0.4, -0.2) is 92.1 Å². The quantitative estimate of drug-likeness (QED) is 0.707. The van der Waals surface area contributed by atoms with Crippen molar-refractivity contribution in [2.75, 3.05) is 65.6 Å². The Morgan fingerprint density at radius 3 is 2.07 bits per heavy atom. The van der Waals surface area contributed by atoms with Crippen LogP contribution in [0.1, 0.15) is 12.8 Å². The number of piperazine rings is 1. The Morgan fingerprint density at radius 1 is 0.852 bits per heavy atom. The van der Waals surface area contributed by atoms with Crippen molar-refractivity contribution in [1.29, 1.82) is 0 Å². The van der Waals surface area contributed by atoms with E-state index in [0.29, 0.717) is 45.6 Å². The van der Waals surface area contributed by atoms with Crippen molar-refractivity contribution >= 4 is 11.8 Å². The van der Waals surface area contributed by atoms with E-state index in [0.717, 1.165) is 38.6 Å². The van der Waals surface area contributed by atoms with Gasteiger partial charge in [0.25, 0.3) is 0 Å². The molecule has 2 saturated heterocycles. The molecule has 2 aliphatic heterocycles. The highest BCUT2D eigenvalue weighted by atomic mass is 16.5. The Kier molecular flexibility index (Phi) is 7.47. The first-order chi connectivity index (χ1) is 13.2. The van der Waals surface area contributed by atoms with Crippen molar-refractivity contribution in [3.05, 3.63) is 30.3 Å². The van der Waals surface area contributed by atoms with E-state index in [9.17, 15) is 9.59 Å². The second kappa shape index (κ2) is 10.3. The van der Waals surface area contributed by atoms with Crippen molar-refractivity contribution in [2.24, 2.45) is 0 Å². The number of benzene rings is 1. The molecule has 0 N–H and O–H groups in total. The molecule has 1 aromatic rings. The number of carbonyl (C=O) groups is 2. The van der Waals surface area contributed by atoms with E-state index in [4.69, 9.17) is 9.47 Å². The molecular weight excluding hydrogens is 346 g/mol. The molecule has 0 aliphatic carbocycles. The van der Waals surface area contributed by atoms with Crippen LogP contribution in [0.25, 0.3) is 0 Å². The van der Waals surface area contributed by atoms with Crippen LogP contribution in [0.15, 0.2) is 30.3 Å². The lowest BCUT2D eigenvalue weighted by Gasteiger charge is -2.35. The second-order valence-electron chi connectivity index (χ2n) is 6.88. The molecule has 0 unspecified atom stereocenters. The van der Waals surface area contributed by atoms with Crippen molar-refractivity contribution in [3.8, 4) is 5.75 Å². The predicted octanol–water partition coefficient (Wildman–Crippen LogP) is 0.849. The zero-order valence-electron chi connectivity index (χ0n) is 15.8. The Morgan fingerprint density at radius 2 is 1.44 bits per heavy atom. The number of ether oxygens (including phenoxy) is 2. The molecule has 2 aliphatic rings. The van der Waals surface area contributed by atoms with Crippen molar-refractivity contribution in [2.45, 2.75) is 12.8 Å². The zero-order valence-corrected chi connectivity index (χ0v) is 15.8. The van der Waals surface area contributed by atoms with Crippen LogP contribution in [-0.2, 0) is 14.3 Å². The summed E-state index contributed by atoms with van der Waals surface area (Å²) in [6, 6.07) is 9.51. The highest BCUT2D eigenvalue weighted by Crippen LogP contribution is 2.10. The van der Waals surface area contributed by atoms with E-state index < -0.39 is 0 Å². The van der Waals surface area contributed by atoms with E-state index in [2.05, 4.69) is 4.90 Å². The van der Waals surface area contributed by atoms with Crippen LogP contribution in [0.5, 0.6) is 5.75 Å². The maximum Gasteiger partial charge on any atom is 0.226 e. The normalized spacial score (nSPS) is 18.4. The molecule has 3 rings (SSSR count). The summed E-state index contributed by atoms with van der Waals surface area (Å²) < 4.78 is 10.9. The second-order valence-corrected chi connectivity index (χ2v) is 6.88. The average molecular weight is 375 g/mol. The van der Waals surface area contributed by atoms with Crippen LogP contribution in [0.3, 0.4) is 0 Å². The third-order valence-corrected chi connectivity index (χ3v) is 5.06. The molecule has 0 aromatic heterocycles. The molecule has 0 spiro atoms. The van der Waals surface area contributed by atoms with Gasteiger partial charge in [-0.05, 0) is 12.1 Å². The zero-order chi connectivity index (χ0) is 18.9. The molecule has 27 heavy (non-hydrogen) atoms. The number of nitrogens with zero attached hydrogens (tertiary/aromatic N) is 3. The highest BCUT2D eigenvalue weighted by Gasteiger charge is 2.24. The molecule has 2 fully saturated rings. The summed E-state index contributed by atoms with van der Waals surface area (Å²) in [5.74, 6) is 1.05. The lowest BCUT2D eigenvalue weighted by atomic mass is 10.2. The van der Waals surface area contributed by atoms with Gasteiger partial charge in [-0.15, -0.1) is 0 Å². The largest absolute Gasteiger partial charge is 0.493 e. The van der Waals surface area contributed by atoms with Gasteiger partial charge in [-0.2, -0.15) is 0 Å². The Bertz CT molecular complexity index is 597. The Balaban J connectivity index is 1.31. The number of morpholine rings is 1. The predicted molar refractivity (Wildman–Crippen MR) is 102 cm³/mol. The van der Waals surface area contributed by atoms with Gasteiger partial charge in [-0.3, -0.25) is 14.5 Å². The standard InChI is InChI=1S/C20H29N3O4/c24-19(6-8-21-13-16-26-17-14-21)22-9-11-23(12-10-22)20(25)7-15-27-18-4-2-1-3-5-18/h1-5H,6-17H2. The number of rotatable bonds is 7. The van der Waals surface area contributed by atoms with Crippen LogP contribution >= 0.6 is 0 Å². The van der Waals surface area contributed by atoms with Gasteiger partial charge in [0.1, 0.15) is 5.75 Å². The maximum atomic E-state index is 12.4. The minimum Gasteiger partial charge on any atom is -0.493 e. The van der Waals surface area contributed by atoms with Gasteiger partial charge in [0.05, 0.1) is 26.2 Å². The summed E-state index contributed by atoms with van der Waals surface area (Å²) in [6.07, 6.45) is 0.902. The molecule has 0 atom stereocenters. The number of hydrogen-bond acceptors (Lipinski definition) is 5. The van der Waals surface area contributed by atoms with Crippen LogP contribution < -0.4 is 4.74 Å². The topological polar surface area (TPSA) is 62.3 Å². The molecule has 1 aromatic carbocycles. The molecule has 148 valence electrons. The van der Waals surface area contributed by atoms with E-state index in [1.807, 2.05) is 40.1 Å². The Hall–Kier alpha value is -2.12. The van der Waals surface area contributed by atoms with Crippen molar-refractivity contribution < 1.29 is 19.1 Å². The Labute approximate surface area is 160 Å². The summed E-state index contributed by atoms with van der Waals surface area (Å²) in [5, 5.41) is 0. The molecule has 7 heteroatoms. The van der Waals surface area contributed by atoms with Gasteiger partial charge >= 0.3 is 0 Å². The lowest BCUT2D eigenvalue weighted by molar-refractivity contribution is -0.140. The van der Waals surface area contributed by atoms with Gasteiger partial charge in [0.15, 0.2) is 0 Å². The fourth-order valence-corrected chi connectivity index (χ4v) is 3.37. The van der Waals surface area contributed by atoms with Crippen LogP contribution in [0.4, 0.5) is 0 Å². The molecule has 0 saturated carbocycles. The smallest absolute Gasteiger partial charge is 0.226 e. The summed E-state index contributed by atoms with van der Waals surface area (Å²) in [5.41, 5.74) is 0. The molecule has 0 bridgehead atoms. The number of amides is 2. The van der Waals surface area contributed by atoms with E-state index in [-0.39, 0.29) is 11.8 Å². The first-order valence-electron chi connectivity index (χ1n) is 9.76. The van der Waals surface area contributed by atoms with E-state index in [1.165, 1.54) is 0 Å². The third-order valence-electron chi connectivity index (χ3n) is 5.06. The summed E-state index contributed by atoms with van der Waals surface area (Å²) in [6.45, 7) is 6.92. The molecule has 7 nitrogen and oxygen atoms in total. The summed E-state index contributed by atoms with van der Waals surface area (Å²) >= 11 is 0. The number of hydrogen-bond donors (Lipinski definition) is 0. The fraction of sp³-hybridized carbons (Fsp3) is 0.600. The van der Waals surface area contributed by atoms with E-state index >= 15 is 0 Å². The van der Waals surface area contributed by atoms with Crippen molar-refractivity contribution in [3.63, 3.8) is 0 Å². The van der Waals surface area contributed by atoms with Crippen molar-refractivity contribution in [1.82, 2.24) is 14.7 Å². The summed E-state index contributed by atoms with van der Waals surface area (Å²) in [4.78, 5) is 30.7. The molecular formula is C20H29N3O4. The van der Waals surface area contributed by atoms with Crippen LogP contribution in [0, 0.1) is 0 Å². The SMILES string of the molecule is O=C(CCOc1ccccc1)N1CCN(C(=O)CCN2CCOCC2)CC1. The number of para-hydroxylation sites is 1. The molecule has 0 radical (unpaired) electrons. The van der Waals surface area contributed by atoms with Gasteiger partial charge in [-0.25, -0.2) is 0 Å². The minimum absolute atomic E-state index is 0.0892. The average Bonchev–Trinajstić information content (AvgIpc) is 2.73. The first-order valence-corrected chi connectivity index (χ1v) is 9.76. The lowest BCUT2D eigenvalue weighted by Crippen LogP contribution is -2.51. The highest BCUT2D eigenvalue weighted by molar-refractivity contribution is 5.78.